The number of hydrogen-bond donors (Lipinski definition) is 1. The number of benzene rings is 2. The average Bonchev–Trinajstić information content (AvgIpc) is 2.89. The third kappa shape index (κ3) is 2.56. The highest BCUT2D eigenvalue weighted by Crippen LogP contribution is 2.31. The highest BCUT2D eigenvalue weighted by atomic mass is 16.5. The smallest absolute Gasteiger partial charge is 0.124 e. The summed E-state index contributed by atoms with van der Waals surface area (Å²) in [5, 5.41) is 3.52. The van der Waals surface area contributed by atoms with Crippen molar-refractivity contribution in [3.63, 3.8) is 0 Å². The Morgan fingerprint density at radius 1 is 1.21 bits per heavy atom. The van der Waals surface area contributed by atoms with Crippen LogP contribution in [0.2, 0.25) is 0 Å². The quantitative estimate of drug-likeness (QED) is 0.911. The largest absolute Gasteiger partial charge is 0.497 e. The minimum absolute atomic E-state index is 0.266. The lowest BCUT2D eigenvalue weighted by molar-refractivity contribution is 0.310. The van der Waals surface area contributed by atoms with E-state index in [1.807, 2.05) is 30.3 Å². The number of ether oxygens (including phenoxy) is 2. The maximum Gasteiger partial charge on any atom is 0.124 e. The van der Waals surface area contributed by atoms with Crippen molar-refractivity contribution in [3.05, 3.63) is 59.7 Å². The van der Waals surface area contributed by atoms with Gasteiger partial charge in [0.2, 0.25) is 0 Å². The first-order valence-corrected chi connectivity index (χ1v) is 6.45. The van der Waals surface area contributed by atoms with Crippen molar-refractivity contribution in [2.75, 3.05) is 13.7 Å². The molecule has 1 N–H and O–H groups in total. The normalized spacial score (nSPS) is 16.8. The van der Waals surface area contributed by atoms with Crippen LogP contribution in [0.4, 0.5) is 0 Å². The number of para-hydroxylation sites is 1. The van der Waals surface area contributed by atoms with Crippen molar-refractivity contribution in [2.45, 2.75) is 12.6 Å². The van der Waals surface area contributed by atoms with E-state index in [-0.39, 0.29) is 6.04 Å². The molecule has 0 saturated heterocycles. The molecule has 98 valence electrons. The first-order valence-electron chi connectivity index (χ1n) is 6.45. The van der Waals surface area contributed by atoms with Crippen LogP contribution < -0.4 is 14.8 Å². The van der Waals surface area contributed by atoms with Gasteiger partial charge in [-0.05, 0) is 23.8 Å². The van der Waals surface area contributed by atoms with Gasteiger partial charge in [-0.1, -0.05) is 30.3 Å². The van der Waals surface area contributed by atoms with Crippen LogP contribution in [0.15, 0.2) is 48.5 Å². The van der Waals surface area contributed by atoms with E-state index < -0.39 is 0 Å². The van der Waals surface area contributed by atoms with Gasteiger partial charge >= 0.3 is 0 Å². The van der Waals surface area contributed by atoms with Gasteiger partial charge < -0.3 is 14.8 Å². The van der Waals surface area contributed by atoms with Crippen LogP contribution >= 0.6 is 0 Å². The molecule has 19 heavy (non-hydrogen) atoms. The molecule has 1 atom stereocenters. The lowest BCUT2D eigenvalue weighted by Crippen LogP contribution is -2.21. The van der Waals surface area contributed by atoms with Crippen molar-refractivity contribution in [1.29, 1.82) is 0 Å². The van der Waals surface area contributed by atoms with Crippen molar-refractivity contribution in [2.24, 2.45) is 0 Å². The fourth-order valence-electron chi connectivity index (χ4n) is 2.36. The summed E-state index contributed by atoms with van der Waals surface area (Å²) in [4.78, 5) is 0. The molecule has 3 nitrogen and oxygen atoms in total. The molecule has 3 rings (SSSR count). The zero-order valence-electron chi connectivity index (χ0n) is 10.9. The second-order valence-electron chi connectivity index (χ2n) is 4.63. The Balaban J connectivity index is 1.67. The van der Waals surface area contributed by atoms with Gasteiger partial charge in [0.15, 0.2) is 0 Å². The average molecular weight is 255 g/mol. The van der Waals surface area contributed by atoms with Crippen LogP contribution in [-0.4, -0.2) is 13.7 Å². The lowest BCUT2D eigenvalue weighted by atomic mass is 10.1. The van der Waals surface area contributed by atoms with Gasteiger partial charge in [-0.3, -0.25) is 0 Å². The number of fused-ring (bicyclic) bond motifs is 1. The summed E-state index contributed by atoms with van der Waals surface area (Å²) in [6, 6.07) is 16.6. The molecule has 0 aromatic heterocycles. The molecule has 0 aliphatic carbocycles. The van der Waals surface area contributed by atoms with Gasteiger partial charge in [-0.2, -0.15) is 0 Å². The van der Waals surface area contributed by atoms with Gasteiger partial charge in [0.25, 0.3) is 0 Å². The highest BCUT2D eigenvalue weighted by molar-refractivity contribution is 5.39. The molecule has 3 heteroatoms. The summed E-state index contributed by atoms with van der Waals surface area (Å²) in [5.74, 6) is 1.88. The minimum Gasteiger partial charge on any atom is -0.497 e. The Hall–Kier alpha value is -2.00. The van der Waals surface area contributed by atoms with Gasteiger partial charge in [-0.15, -0.1) is 0 Å². The predicted octanol–water partition coefficient (Wildman–Crippen LogP) is 2.92. The Morgan fingerprint density at radius 3 is 3.00 bits per heavy atom. The number of nitrogens with one attached hydrogen (secondary N) is 1. The highest BCUT2D eigenvalue weighted by Gasteiger charge is 2.22. The molecule has 0 saturated carbocycles. The first kappa shape index (κ1) is 12.1. The summed E-state index contributed by atoms with van der Waals surface area (Å²) in [7, 11) is 1.69. The number of methoxy groups -OCH3 is 1. The molecular weight excluding hydrogens is 238 g/mol. The molecule has 2 aromatic rings. The molecule has 1 heterocycles. The fourth-order valence-corrected chi connectivity index (χ4v) is 2.36. The maximum absolute atomic E-state index is 5.66. The number of hydrogen-bond acceptors (Lipinski definition) is 3. The fraction of sp³-hybridized carbons (Fsp3) is 0.250. The first-order chi connectivity index (χ1) is 9.36. The van der Waals surface area contributed by atoms with Crippen molar-refractivity contribution < 1.29 is 9.47 Å². The lowest BCUT2D eigenvalue weighted by Gasteiger charge is -2.12. The van der Waals surface area contributed by atoms with E-state index in [1.165, 1.54) is 11.1 Å². The molecular formula is C16H17NO2. The van der Waals surface area contributed by atoms with Crippen LogP contribution in [0.1, 0.15) is 17.2 Å². The molecule has 0 spiro atoms. The van der Waals surface area contributed by atoms with Crippen LogP contribution in [0.3, 0.4) is 0 Å². The van der Waals surface area contributed by atoms with Crippen molar-refractivity contribution in [1.82, 2.24) is 5.32 Å². The van der Waals surface area contributed by atoms with Crippen LogP contribution in [-0.2, 0) is 6.54 Å². The van der Waals surface area contributed by atoms with E-state index in [2.05, 4.69) is 23.5 Å². The summed E-state index contributed by atoms with van der Waals surface area (Å²) in [6.07, 6.45) is 0. The number of rotatable bonds is 4. The molecule has 2 aromatic carbocycles. The van der Waals surface area contributed by atoms with Gasteiger partial charge in [0.1, 0.15) is 18.1 Å². The summed E-state index contributed by atoms with van der Waals surface area (Å²) < 4.78 is 10.9. The van der Waals surface area contributed by atoms with Crippen molar-refractivity contribution in [3.8, 4) is 11.5 Å². The van der Waals surface area contributed by atoms with E-state index in [1.54, 1.807) is 7.11 Å². The summed E-state index contributed by atoms with van der Waals surface area (Å²) in [6.45, 7) is 1.50. The summed E-state index contributed by atoms with van der Waals surface area (Å²) >= 11 is 0. The summed E-state index contributed by atoms with van der Waals surface area (Å²) in [5.41, 5.74) is 2.45. The van der Waals surface area contributed by atoms with Crippen LogP contribution in [0, 0.1) is 0 Å². The maximum atomic E-state index is 5.66. The Bertz CT molecular complexity index is 568. The van der Waals surface area contributed by atoms with E-state index in [0.29, 0.717) is 6.61 Å². The third-order valence-electron chi connectivity index (χ3n) is 3.39. The monoisotopic (exact) mass is 255 g/mol. The Morgan fingerprint density at radius 2 is 2.11 bits per heavy atom. The van der Waals surface area contributed by atoms with Gasteiger partial charge in [-0.25, -0.2) is 0 Å². The SMILES string of the molecule is COc1cccc(CNC2COc3ccccc32)c1. The molecule has 0 bridgehead atoms. The minimum atomic E-state index is 0.266. The van der Waals surface area contributed by atoms with Gasteiger partial charge in [0.05, 0.1) is 13.2 Å². The zero-order valence-corrected chi connectivity index (χ0v) is 10.9. The van der Waals surface area contributed by atoms with E-state index in [9.17, 15) is 0 Å². The predicted molar refractivity (Wildman–Crippen MR) is 74.5 cm³/mol. The topological polar surface area (TPSA) is 30.5 Å². The molecule has 0 amide bonds. The third-order valence-corrected chi connectivity index (χ3v) is 3.39. The Labute approximate surface area is 113 Å². The molecule has 0 radical (unpaired) electrons. The molecule has 1 unspecified atom stereocenters. The van der Waals surface area contributed by atoms with E-state index in [4.69, 9.17) is 9.47 Å². The molecule has 1 aliphatic rings. The molecule has 0 fully saturated rings. The second-order valence-corrected chi connectivity index (χ2v) is 4.63. The van der Waals surface area contributed by atoms with Crippen molar-refractivity contribution >= 4 is 0 Å². The standard InChI is InChI=1S/C16H17NO2/c1-18-13-6-4-5-12(9-13)10-17-15-11-19-16-8-3-2-7-14(15)16/h2-9,15,17H,10-11H2,1H3. The van der Waals surface area contributed by atoms with Crippen LogP contribution in [0.5, 0.6) is 11.5 Å². The van der Waals surface area contributed by atoms with Gasteiger partial charge in [0, 0.05) is 12.1 Å². The van der Waals surface area contributed by atoms with E-state index in [0.717, 1.165) is 18.0 Å². The van der Waals surface area contributed by atoms with E-state index >= 15 is 0 Å². The Kier molecular flexibility index (Phi) is 3.38. The molecule has 1 aliphatic heterocycles. The van der Waals surface area contributed by atoms with Crippen LogP contribution in [0.25, 0.3) is 0 Å². The zero-order chi connectivity index (χ0) is 13.1. The second kappa shape index (κ2) is 5.33.